The average molecular weight is 534 g/mol. The van der Waals surface area contributed by atoms with Crippen molar-refractivity contribution in [3.63, 3.8) is 0 Å². The van der Waals surface area contributed by atoms with Gasteiger partial charge in [-0.15, -0.1) is 0 Å². The van der Waals surface area contributed by atoms with Crippen LogP contribution < -0.4 is 0 Å². The molecule has 7 heteroatoms. The molecule has 4 bridgehead atoms. The summed E-state index contributed by atoms with van der Waals surface area (Å²) in [4.78, 5) is 15.8. The molecular weight excluding hydrogens is 486 g/mol. The van der Waals surface area contributed by atoms with Crippen molar-refractivity contribution in [2.24, 2.45) is 16.7 Å². The van der Waals surface area contributed by atoms with E-state index in [-0.39, 0.29) is 23.1 Å². The van der Waals surface area contributed by atoms with Crippen molar-refractivity contribution in [2.45, 2.75) is 122 Å². The van der Waals surface area contributed by atoms with Gasteiger partial charge in [0.25, 0.3) is 10.1 Å². The highest BCUT2D eigenvalue weighted by Gasteiger charge is 2.62. The van der Waals surface area contributed by atoms with Crippen molar-refractivity contribution in [1.82, 2.24) is 4.90 Å². The Bertz CT molecular complexity index is 1060. The van der Waals surface area contributed by atoms with Crippen LogP contribution in [0.3, 0.4) is 0 Å². The van der Waals surface area contributed by atoms with E-state index in [9.17, 15) is 13.2 Å². The van der Waals surface area contributed by atoms with E-state index in [1.165, 1.54) is 19.3 Å². The Labute approximate surface area is 224 Å². The van der Waals surface area contributed by atoms with Crippen molar-refractivity contribution in [1.29, 1.82) is 0 Å². The number of amides is 1. The molecule has 0 saturated heterocycles. The molecule has 208 valence electrons. The first-order valence-corrected chi connectivity index (χ1v) is 15.5. The van der Waals surface area contributed by atoms with E-state index in [1.807, 2.05) is 27.7 Å². The number of benzene rings is 1. The molecule has 0 spiro atoms. The van der Waals surface area contributed by atoms with Gasteiger partial charge in [0.05, 0.1) is 11.5 Å². The first-order valence-electron chi connectivity index (χ1n) is 14.1. The van der Waals surface area contributed by atoms with Crippen LogP contribution in [0.5, 0.6) is 0 Å². The van der Waals surface area contributed by atoms with Crippen LogP contribution in [0.1, 0.15) is 104 Å². The van der Waals surface area contributed by atoms with Crippen LogP contribution in [-0.2, 0) is 19.0 Å². The first-order chi connectivity index (χ1) is 17.1. The second-order valence-corrected chi connectivity index (χ2v) is 15.6. The first kappa shape index (κ1) is 28.4. The Balaban J connectivity index is 1.32. The van der Waals surface area contributed by atoms with Gasteiger partial charge in [-0.1, -0.05) is 44.4 Å². The lowest BCUT2D eigenvalue weighted by molar-refractivity contribution is -0.157. The summed E-state index contributed by atoms with van der Waals surface area (Å²) in [5.74, 6) is 0.698. The molecule has 4 aliphatic rings. The second kappa shape index (κ2) is 10.2. The van der Waals surface area contributed by atoms with Crippen molar-refractivity contribution in [3.05, 3.63) is 29.8 Å². The second-order valence-electron chi connectivity index (χ2n) is 14.0. The van der Waals surface area contributed by atoms with E-state index in [4.69, 9.17) is 8.92 Å². The highest BCUT2D eigenvalue weighted by molar-refractivity contribution is 7.86. The molecule has 37 heavy (non-hydrogen) atoms. The number of rotatable bonds is 10. The fraction of sp³-hybridized carbons (Fsp3) is 0.767. The lowest BCUT2D eigenvalue weighted by Gasteiger charge is -2.67. The quantitative estimate of drug-likeness (QED) is 0.234. The number of ether oxygens (including phenoxy) is 1. The van der Waals surface area contributed by atoms with Gasteiger partial charge in [0.2, 0.25) is 0 Å². The minimum atomic E-state index is -3.72. The Morgan fingerprint density at radius 1 is 0.946 bits per heavy atom. The summed E-state index contributed by atoms with van der Waals surface area (Å²) < 4.78 is 36.0. The van der Waals surface area contributed by atoms with Crippen molar-refractivity contribution in [3.8, 4) is 0 Å². The third kappa shape index (κ3) is 6.70. The Morgan fingerprint density at radius 3 is 2.11 bits per heavy atom. The normalized spacial score (nSPS) is 30.9. The minimum Gasteiger partial charge on any atom is -0.444 e. The maximum Gasteiger partial charge on any atom is 0.410 e. The zero-order chi connectivity index (χ0) is 27.1. The van der Waals surface area contributed by atoms with Crippen LogP contribution in [0.2, 0.25) is 0 Å². The number of unbranched alkanes of at least 4 members (excludes halogenated alkanes) is 3. The van der Waals surface area contributed by atoms with Gasteiger partial charge >= 0.3 is 6.09 Å². The smallest absolute Gasteiger partial charge is 0.410 e. The molecule has 6 nitrogen and oxygen atoms in total. The minimum absolute atomic E-state index is 0.101. The van der Waals surface area contributed by atoms with E-state index < -0.39 is 15.7 Å². The van der Waals surface area contributed by atoms with Gasteiger partial charge in [0.1, 0.15) is 5.60 Å². The van der Waals surface area contributed by atoms with Crippen LogP contribution in [-0.4, -0.2) is 43.7 Å². The SMILES string of the molecule is Cc1ccc(S(=O)(=O)OCCCCCCN(C(=O)OC(C)(C)C)C23CC4C[C@@](C)(C2)C[C@](C)(C4)C3)cc1. The van der Waals surface area contributed by atoms with Gasteiger partial charge in [0.15, 0.2) is 0 Å². The molecule has 1 amide bonds. The molecule has 4 fully saturated rings. The van der Waals surface area contributed by atoms with Crippen LogP contribution in [0, 0.1) is 23.7 Å². The van der Waals surface area contributed by atoms with Crippen LogP contribution in [0.25, 0.3) is 0 Å². The highest BCUT2D eigenvalue weighted by atomic mass is 32.2. The summed E-state index contributed by atoms with van der Waals surface area (Å²) in [6, 6.07) is 6.72. The Hall–Kier alpha value is -1.60. The maximum absolute atomic E-state index is 13.5. The Kier molecular flexibility index (Phi) is 7.82. The van der Waals surface area contributed by atoms with E-state index in [0.29, 0.717) is 29.7 Å². The van der Waals surface area contributed by atoms with E-state index in [2.05, 4.69) is 18.7 Å². The summed E-state index contributed by atoms with van der Waals surface area (Å²) in [6.45, 7) is 13.5. The molecular formula is C30H47NO5S. The van der Waals surface area contributed by atoms with Gasteiger partial charge in [0, 0.05) is 12.1 Å². The third-order valence-corrected chi connectivity index (χ3v) is 9.93. The summed E-state index contributed by atoms with van der Waals surface area (Å²) in [5.41, 5.74) is 1.02. The zero-order valence-electron chi connectivity index (χ0n) is 23.8. The van der Waals surface area contributed by atoms with E-state index >= 15 is 0 Å². The predicted molar refractivity (Wildman–Crippen MR) is 146 cm³/mol. The van der Waals surface area contributed by atoms with Crippen LogP contribution in [0.15, 0.2) is 29.2 Å². The molecule has 0 N–H and O–H groups in total. The molecule has 5 rings (SSSR count). The number of hydrogen-bond donors (Lipinski definition) is 0. The molecule has 0 radical (unpaired) electrons. The lowest BCUT2D eigenvalue weighted by Crippen LogP contribution is -2.66. The molecule has 1 aromatic carbocycles. The maximum atomic E-state index is 13.5. The van der Waals surface area contributed by atoms with Crippen LogP contribution >= 0.6 is 0 Å². The molecule has 0 heterocycles. The number of carbonyl (C=O) groups is 1. The summed E-state index contributed by atoms with van der Waals surface area (Å²) in [5, 5.41) is 0. The lowest BCUT2D eigenvalue weighted by atomic mass is 9.42. The fourth-order valence-corrected chi connectivity index (χ4v) is 9.14. The predicted octanol–water partition coefficient (Wildman–Crippen LogP) is 7.25. The standard InChI is InChI=1S/C30H47NO5S/c1-23-11-13-25(14-12-23)37(33,34)35-16-10-8-7-9-15-31(26(32)36-27(2,3)4)30-19-24-17-28(5,21-30)20-29(6,18-24)22-30/h11-14,24H,7-10,15-22H2,1-6H3/t24?,28-,29+,30?. The third-order valence-electron chi connectivity index (χ3n) is 8.61. The fourth-order valence-electron chi connectivity index (χ4n) is 8.19. The van der Waals surface area contributed by atoms with E-state index in [1.54, 1.807) is 24.3 Å². The van der Waals surface area contributed by atoms with Crippen molar-refractivity contribution < 1.29 is 22.1 Å². The summed E-state index contributed by atoms with van der Waals surface area (Å²) >= 11 is 0. The largest absolute Gasteiger partial charge is 0.444 e. The van der Waals surface area contributed by atoms with Gasteiger partial charge < -0.3 is 9.64 Å². The molecule has 4 saturated carbocycles. The topological polar surface area (TPSA) is 72.9 Å². The number of aryl methyl sites for hydroxylation is 1. The number of carbonyl (C=O) groups excluding carboxylic acids is 1. The van der Waals surface area contributed by atoms with Gasteiger partial charge in [-0.05, 0) is 108 Å². The zero-order valence-corrected chi connectivity index (χ0v) is 24.6. The summed E-state index contributed by atoms with van der Waals surface area (Å²) in [6.07, 6.45) is 10.3. The Morgan fingerprint density at radius 2 is 1.54 bits per heavy atom. The highest BCUT2D eigenvalue weighted by Crippen LogP contribution is 2.67. The average Bonchev–Trinajstić information content (AvgIpc) is 2.71. The van der Waals surface area contributed by atoms with Crippen molar-refractivity contribution in [2.75, 3.05) is 13.2 Å². The molecule has 4 aliphatic carbocycles. The molecule has 0 aliphatic heterocycles. The van der Waals surface area contributed by atoms with Gasteiger partial charge in [-0.3, -0.25) is 4.18 Å². The molecule has 0 aromatic heterocycles. The summed E-state index contributed by atoms with van der Waals surface area (Å²) in [7, 11) is -3.72. The van der Waals surface area contributed by atoms with E-state index in [0.717, 1.165) is 44.1 Å². The van der Waals surface area contributed by atoms with Gasteiger partial charge in [-0.2, -0.15) is 8.42 Å². The number of nitrogens with zero attached hydrogens (tertiary/aromatic N) is 1. The molecule has 1 aromatic rings. The molecule has 4 atom stereocenters. The van der Waals surface area contributed by atoms with Crippen LogP contribution in [0.4, 0.5) is 4.79 Å². The molecule has 2 unspecified atom stereocenters. The monoisotopic (exact) mass is 533 g/mol. The van der Waals surface area contributed by atoms with Gasteiger partial charge in [-0.25, -0.2) is 4.79 Å². The number of hydrogen-bond acceptors (Lipinski definition) is 5. The van der Waals surface area contributed by atoms with Crippen molar-refractivity contribution >= 4 is 16.2 Å².